The third-order valence-corrected chi connectivity index (χ3v) is 7.16. The molecule has 2 rings (SSSR count). The summed E-state index contributed by atoms with van der Waals surface area (Å²) in [5, 5.41) is 0. The molecule has 24 heavy (non-hydrogen) atoms. The van der Waals surface area contributed by atoms with Crippen LogP contribution in [0.5, 0.6) is 0 Å². The van der Waals surface area contributed by atoms with Gasteiger partial charge in [-0.1, -0.05) is 34.7 Å². The molecule has 0 aromatic heterocycles. The van der Waals surface area contributed by atoms with Crippen LogP contribution in [0.1, 0.15) is 15.9 Å². The Labute approximate surface area is 168 Å². The molecule has 0 aliphatic heterocycles. The summed E-state index contributed by atoms with van der Waals surface area (Å²) in [5.74, 6) is -0.425. The number of hydrogen-bond donors (Lipinski definition) is 0. The number of carbonyl (C=O) groups is 1. The van der Waals surface area contributed by atoms with Crippen LogP contribution in [0, 0.1) is 3.57 Å². The Bertz CT molecular complexity index is 854. The second-order valence-electron chi connectivity index (χ2n) is 4.82. The Morgan fingerprint density at radius 1 is 1.08 bits per heavy atom. The molecular formula is C17H14I2O4S. The lowest BCUT2D eigenvalue weighted by Crippen LogP contribution is -2.06. The maximum absolute atomic E-state index is 12.8. The topological polar surface area (TPSA) is 60.4 Å². The maximum Gasteiger partial charge on any atom is 0.337 e. The molecule has 7 heteroatoms. The Morgan fingerprint density at radius 2 is 1.67 bits per heavy atom. The maximum atomic E-state index is 12.8. The molecule has 2 aromatic rings. The van der Waals surface area contributed by atoms with Crippen LogP contribution in [0.2, 0.25) is 0 Å². The van der Waals surface area contributed by atoms with E-state index in [4.69, 9.17) is 0 Å². The number of halogens is 2. The standard InChI is InChI=1S/C17H14I2O4S/c1-23-17(20)13-4-2-12(3-5-13)10-16(11-18)24(21,22)15-8-6-14(19)7-9-15/h2-10H,11H2,1H3/b16-10+. The van der Waals surface area contributed by atoms with Gasteiger partial charge in [-0.25, -0.2) is 13.2 Å². The van der Waals surface area contributed by atoms with E-state index in [1.807, 2.05) is 22.6 Å². The second kappa shape index (κ2) is 8.43. The van der Waals surface area contributed by atoms with Gasteiger partial charge in [0.05, 0.1) is 22.5 Å². The molecule has 0 unspecified atom stereocenters. The molecular weight excluding hydrogens is 554 g/mol. The molecule has 0 N–H and O–H groups in total. The summed E-state index contributed by atoms with van der Waals surface area (Å²) >= 11 is 4.17. The number of alkyl halides is 1. The van der Waals surface area contributed by atoms with Gasteiger partial charge in [0, 0.05) is 8.00 Å². The lowest BCUT2D eigenvalue weighted by Gasteiger charge is -2.07. The van der Waals surface area contributed by atoms with Gasteiger partial charge < -0.3 is 4.74 Å². The summed E-state index contributed by atoms with van der Waals surface area (Å²) in [4.78, 5) is 12.0. The molecule has 4 nitrogen and oxygen atoms in total. The third kappa shape index (κ3) is 4.57. The van der Waals surface area contributed by atoms with Crippen LogP contribution in [-0.4, -0.2) is 25.9 Å². The molecule has 126 valence electrons. The minimum atomic E-state index is -3.54. The van der Waals surface area contributed by atoms with E-state index in [1.54, 1.807) is 54.6 Å². The van der Waals surface area contributed by atoms with Crippen molar-refractivity contribution in [2.24, 2.45) is 0 Å². The van der Waals surface area contributed by atoms with Crippen LogP contribution in [-0.2, 0) is 14.6 Å². The molecule has 0 aliphatic carbocycles. The fourth-order valence-electron chi connectivity index (χ4n) is 1.97. The number of allylic oxidation sites excluding steroid dienone is 1. The minimum absolute atomic E-state index is 0.275. The van der Waals surface area contributed by atoms with Crippen molar-refractivity contribution in [3.05, 3.63) is 68.1 Å². The van der Waals surface area contributed by atoms with Crippen LogP contribution < -0.4 is 0 Å². The lowest BCUT2D eigenvalue weighted by atomic mass is 10.1. The fourth-order valence-corrected chi connectivity index (χ4v) is 5.01. The molecule has 2 aromatic carbocycles. The smallest absolute Gasteiger partial charge is 0.337 e. The zero-order chi connectivity index (χ0) is 17.7. The third-order valence-electron chi connectivity index (χ3n) is 3.26. The van der Waals surface area contributed by atoms with Crippen molar-refractivity contribution in [1.82, 2.24) is 0 Å². The molecule has 0 saturated heterocycles. The summed E-state index contributed by atoms with van der Waals surface area (Å²) in [7, 11) is -2.22. The van der Waals surface area contributed by atoms with Crippen molar-refractivity contribution < 1.29 is 17.9 Å². The predicted molar refractivity (Wildman–Crippen MR) is 111 cm³/mol. The summed E-state index contributed by atoms with van der Waals surface area (Å²) in [5.41, 5.74) is 1.13. The molecule has 0 radical (unpaired) electrons. The van der Waals surface area contributed by atoms with Crippen molar-refractivity contribution in [2.45, 2.75) is 4.90 Å². The first-order valence-corrected chi connectivity index (χ1v) is 10.9. The number of esters is 1. The first-order valence-electron chi connectivity index (χ1n) is 6.84. The summed E-state index contributed by atoms with van der Waals surface area (Å²) < 4.78 is 31.5. The van der Waals surface area contributed by atoms with Crippen LogP contribution in [0.25, 0.3) is 6.08 Å². The summed E-state index contributed by atoms with van der Waals surface area (Å²) in [6.45, 7) is 0. The van der Waals surface area contributed by atoms with E-state index in [9.17, 15) is 13.2 Å². The van der Waals surface area contributed by atoms with Gasteiger partial charge in [0.25, 0.3) is 0 Å². The van der Waals surface area contributed by atoms with E-state index in [1.165, 1.54) is 7.11 Å². The Morgan fingerprint density at radius 3 is 2.17 bits per heavy atom. The summed E-state index contributed by atoms with van der Waals surface area (Å²) in [6.07, 6.45) is 1.63. The van der Waals surface area contributed by atoms with Gasteiger partial charge in [0.1, 0.15) is 0 Å². The van der Waals surface area contributed by atoms with Crippen LogP contribution in [0.3, 0.4) is 0 Å². The minimum Gasteiger partial charge on any atom is -0.465 e. The van der Waals surface area contributed by atoms with E-state index in [2.05, 4.69) is 27.3 Å². The lowest BCUT2D eigenvalue weighted by molar-refractivity contribution is 0.0600. The summed E-state index contributed by atoms with van der Waals surface area (Å²) in [6, 6.07) is 13.4. The van der Waals surface area contributed by atoms with E-state index in [-0.39, 0.29) is 4.90 Å². The predicted octanol–water partition coefficient (Wildman–Crippen LogP) is 4.33. The Balaban J connectivity index is 2.38. The fraction of sp³-hybridized carbons (Fsp3) is 0.118. The van der Waals surface area contributed by atoms with Gasteiger partial charge in [0.15, 0.2) is 0 Å². The van der Waals surface area contributed by atoms with Crippen molar-refractivity contribution >= 4 is 67.1 Å². The van der Waals surface area contributed by atoms with Crippen molar-refractivity contribution in [3.63, 3.8) is 0 Å². The number of carbonyl (C=O) groups excluding carboxylic acids is 1. The first kappa shape index (κ1) is 19.4. The quantitative estimate of drug-likeness (QED) is 0.307. The Hall–Kier alpha value is -0.940. The Kier molecular flexibility index (Phi) is 6.81. The number of benzene rings is 2. The van der Waals surface area contributed by atoms with Crippen LogP contribution in [0.15, 0.2) is 58.3 Å². The SMILES string of the molecule is COC(=O)c1ccc(/C=C(\CI)S(=O)(=O)c2ccc(I)cc2)cc1. The van der Waals surface area contributed by atoms with Gasteiger partial charge in [-0.3, -0.25) is 0 Å². The molecule has 0 atom stereocenters. The van der Waals surface area contributed by atoms with Crippen LogP contribution in [0.4, 0.5) is 0 Å². The largest absolute Gasteiger partial charge is 0.465 e. The molecule has 0 fully saturated rings. The normalized spacial score (nSPS) is 12.0. The molecule has 0 spiro atoms. The van der Waals surface area contributed by atoms with Crippen molar-refractivity contribution in [2.75, 3.05) is 11.5 Å². The van der Waals surface area contributed by atoms with Crippen molar-refractivity contribution in [1.29, 1.82) is 0 Å². The van der Waals surface area contributed by atoms with Gasteiger partial charge in [-0.05, 0) is 70.6 Å². The zero-order valence-corrected chi connectivity index (χ0v) is 17.8. The molecule has 0 aliphatic rings. The van der Waals surface area contributed by atoms with Gasteiger partial charge in [0.2, 0.25) is 9.84 Å². The van der Waals surface area contributed by atoms with E-state index in [0.717, 1.165) is 3.57 Å². The highest BCUT2D eigenvalue weighted by Gasteiger charge is 2.19. The van der Waals surface area contributed by atoms with Crippen molar-refractivity contribution in [3.8, 4) is 0 Å². The van der Waals surface area contributed by atoms with Gasteiger partial charge >= 0.3 is 5.97 Å². The van der Waals surface area contributed by atoms with Gasteiger partial charge in [-0.2, -0.15) is 0 Å². The molecule has 0 heterocycles. The van der Waals surface area contributed by atoms with Gasteiger partial charge in [-0.15, -0.1) is 0 Å². The van der Waals surface area contributed by atoms with E-state index >= 15 is 0 Å². The molecule has 0 saturated carbocycles. The van der Waals surface area contributed by atoms with Crippen LogP contribution >= 0.6 is 45.2 Å². The highest BCUT2D eigenvalue weighted by Crippen LogP contribution is 2.24. The average molecular weight is 568 g/mol. The average Bonchev–Trinajstić information content (AvgIpc) is 2.59. The number of ether oxygens (including phenoxy) is 1. The van der Waals surface area contributed by atoms with E-state index < -0.39 is 15.8 Å². The monoisotopic (exact) mass is 568 g/mol. The first-order chi connectivity index (χ1) is 11.4. The number of rotatable bonds is 5. The number of hydrogen-bond acceptors (Lipinski definition) is 4. The number of sulfone groups is 1. The highest BCUT2D eigenvalue weighted by molar-refractivity contribution is 14.1. The zero-order valence-electron chi connectivity index (χ0n) is 12.7. The second-order valence-corrected chi connectivity index (χ2v) is 8.83. The highest BCUT2D eigenvalue weighted by atomic mass is 127. The van der Waals surface area contributed by atoms with E-state index in [0.29, 0.717) is 20.5 Å². The number of methoxy groups -OCH3 is 1. The molecule has 0 amide bonds. The molecule has 0 bridgehead atoms.